The molecule has 2 fully saturated rings. The first kappa shape index (κ1) is 21.0. The molecule has 0 atom stereocenters. The molecule has 1 N–H and O–H groups in total. The third kappa shape index (κ3) is 4.33. The van der Waals surface area contributed by atoms with Crippen molar-refractivity contribution in [2.75, 3.05) is 25.0 Å². The zero-order valence-electron chi connectivity index (χ0n) is 17.2. The number of hydrogen-bond donors (Lipinski definition) is 1. The van der Waals surface area contributed by atoms with Crippen molar-refractivity contribution in [2.24, 2.45) is 5.41 Å². The van der Waals surface area contributed by atoms with Crippen molar-refractivity contribution in [3.63, 3.8) is 0 Å². The van der Waals surface area contributed by atoms with Crippen LogP contribution in [0.2, 0.25) is 0 Å². The summed E-state index contributed by atoms with van der Waals surface area (Å²) in [6.45, 7) is 4.75. The molecule has 2 aliphatic rings. The first-order valence-corrected chi connectivity index (χ1v) is 10.4. The molecule has 0 radical (unpaired) electrons. The van der Waals surface area contributed by atoms with Crippen molar-refractivity contribution in [3.05, 3.63) is 29.8 Å². The van der Waals surface area contributed by atoms with Crippen LogP contribution in [0.3, 0.4) is 0 Å². The molecule has 3 rings (SSSR count). The van der Waals surface area contributed by atoms with Gasteiger partial charge in [0.1, 0.15) is 6.54 Å². The highest BCUT2D eigenvalue weighted by Gasteiger charge is 2.51. The van der Waals surface area contributed by atoms with E-state index in [0.29, 0.717) is 24.3 Å². The molecule has 1 aliphatic heterocycles. The Morgan fingerprint density at radius 2 is 1.79 bits per heavy atom. The first-order chi connectivity index (χ1) is 13.9. The van der Waals surface area contributed by atoms with Crippen molar-refractivity contribution in [3.8, 4) is 0 Å². The lowest BCUT2D eigenvalue weighted by Gasteiger charge is -2.30. The fraction of sp³-hybridized carbons (Fsp3) is 0.545. The minimum absolute atomic E-state index is 0.102. The third-order valence-corrected chi connectivity index (χ3v) is 6.05. The molecule has 29 heavy (non-hydrogen) atoms. The lowest BCUT2D eigenvalue weighted by Crippen LogP contribution is -2.41. The topological polar surface area (TPSA) is 86.8 Å². The maximum Gasteiger partial charge on any atom is 0.253 e. The Bertz CT molecular complexity index is 810. The summed E-state index contributed by atoms with van der Waals surface area (Å²) < 4.78 is 0. The number of likely N-dealkylation sites (tertiary alicyclic amines) is 1. The van der Waals surface area contributed by atoms with Crippen LogP contribution in [0.4, 0.5) is 5.69 Å². The number of amides is 4. The molecular formula is C22H29N3O4. The van der Waals surface area contributed by atoms with E-state index in [-0.39, 0.29) is 30.7 Å². The molecule has 1 saturated carbocycles. The summed E-state index contributed by atoms with van der Waals surface area (Å²) in [6.07, 6.45) is 4.66. The van der Waals surface area contributed by atoms with Crippen molar-refractivity contribution in [2.45, 2.75) is 52.4 Å². The molecule has 1 aliphatic carbocycles. The third-order valence-electron chi connectivity index (χ3n) is 6.05. The van der Waals surface area contributed by atoms with Gasteiger partial charge in [0, 0.05) is 30.8 Å². The molecule has 0 bridgehead atoms. The van der Waals surface area contributed by atoms with Crippen molar-refractivity contribution in [1.29, 1.82) is 0 Å². The second-order valence-electron chi connectivity index (χ2n) is 7.91. The van der Waals surface area contributed by atoms with E-state index >= 15 is 0 Å². The van der Waals surface area contributed by atoms with E-state index in [1.165, 1.54) is 0 Å². The SMILES string of the molecule is CCN(CC)C(=O)c1cccc(NC(=O)CN2C(=O)CC3(CCCCC3)C2=O)c1. The predicted octanol–water partition coefficient (Wildman–Crippen LogP) is 2.82. The van der Waals surface area contributed by atoms with E-state index < -0.39 is 11.3 Å². The van der Waals surface area contributed by atoms with Gasteiger partial charge in [0.2, 0.25) is 17.7 Å². The first-order valence-electron chi connectivity index (χ1n) is 10.4. The van der Waals surface area contributed by atoms with E-state index in [2.05, 4.69) is 5.32 Å². The molecule has 0 unspecified atom stereocenters. The van der Waals surface area contributed by atoms with Crippen molar-refractivity contribution in [1.82, 2.24) is 9.80 Å². The molecule has 1 aromatic carbocycles. The smallest absolute Gasteiger partial charge is 0.253 e. The van der Waals surface area contributed by atoms with Gasteiger partial charge in [-0.3, -0.25) is 24.1 Å². The summed E-state index contributed by atoms with van der Waals surface area (Å²) in [7, 11) is 0. The Hall–Kier alpha value is -2.70. The van der Waals surface area contributed by atoms with Crippen molar-refractivity contribution >= 4 is 29.3 Å². The highest BCUT2D eigenvalue weighted by atomic mass is 16.2. The Balaban J connectivity index is 1.65. The van der Waals surface area contributed by atoms with E-state index in [1.807, 2.05) is 13.8 Å². The Morgan fingerprint density at radius 3 is 2.45 bits per heavy atom. The van der Waals surface area contributed by atoms with E-state index in [4.69, 9.17) is 0 Å². The van der Waals surface area contributed by atoms with Crippen LogP contribution >= 0.6 is 0 Å². The van der Waals surface area contributed by atoms with Crippen LogP contribution in [-0.2, 0) is 14.4 Å². The number of benzene rings is 1. The monoisotopic (exact) mass is 399 g/mol. The van der Waals surface area contributed by atoms with Gasteiger partial charge in [0.25, 0.3) is 5.91 Å². The number of carbonyl (C=O) groups is 4. The molecule has 1 saturated heterocycles. The maximum absolute atomic E-state index is 12.8. The zero-order valence-corrected chi connectivity index (χ0v) is 17.2. The quantitative estimate of drug-likeness (QED) is 0.745. The van der Waals surface area contributed by atoms with Gasteiger partial charge in [-0.2, -0.15) is 0 Å². The summed E-state index contributed by atoms with van der Waals surface area (Å²) >= 11 is 0. The summed E-state index contributed by atoms with van der Waals surface area (Å²) in [5.41, 5.74) is 0.367. The number of nitrogens with one attached hydrogen (secondary N) is 1. The number of imide groups is 1. The van der Waals surface area contributed by atoms with Gasteiger partial charge < -0.3 is 10.2 Å². The number of carbonyl (C=O) groups excluding carboxylic acids is 4. The van der Waals surface area contributed by atoms with Crippen LogP contribution in [0.5, 0.6) is 0 Å². The number of hydrogen-bond acceptors (Lipinski definition) is 4. The molecule has 1 heterocycles. The maximum atomic E-state index is 12.8. The predicted molar refractivity (Wildman–Crippen MR) is 109 cm³/mol. The zero-order chi connectivity index (χ0) is 21.0. The van der Waals surface area contributed by atoms with Crippen LogP contribution in [0, 0.1) is 5.41 Å². The van der Waals surface area contributed by atoms with E-state index in [0.717, 1.165) is 37.0 Å². The van der Waals surface area contributed by atoms with Gasteiger partial charge in [-0.1, -0.05) is 25.3 Å². The second kappa shape index (κ2) is 8.76. The molecular weight excluding hydrogens is 370 g/mol. The minimum Gasteiger partial charge on any atom is -0.339 e. The molecule has 1 spiro atoms. The van der Waals surface area contributed by atoms with Crippen LogP contribution in [-0.4, -0.2) is 53.1 Å². The summed E-state index contributed by atoms with van der Waals surface area (Å²) in [5, 5.41) is 2.72. The molecule has 0 aromatic heterocycles. The van der Waals surface area contributed by atoms with Gasteiger partial charge >= 0.3 is 0 Å². The van der Waals surface area contributed by atoms with Crippen molar-refractivity contribution < 1.29 is 19.2 Å². The van der Waals surface area contributed by atoms with E-state index in [1.54, 1.807) is 29.2 Å². The van der Waals surface area contributed by atoms with Gasteiger partial charge in [0.15, 0.2) is 0 Å². The summed E-state index contributed by atoms with van der Waals surface area (Å²) in [4.78, 5) is 53.1. The largest absolute Gasteiger partial charge is 0.339 e. The number of anilines is 1. The molecule has 7 nitrogen and oxygen atoms in total. The molecule has 156 valence electrons. The fourth-order valence-corrected chi connectivity index (χ4v) is 4.41. The Labute approximate surface area is 171 Å². The molecule has 4 amide bonds. The van der Waals surface area contributed by atoms with Gasteiger partial charge in [-0.25, -0.2) is 0 Å². The van der Waals surface area contributed by atoms with Crippen LogP contribution in [0.25, 0.3) is 0 Å². The summed E-state index contributed by atoms with van der Waals surface area (Å²) in [5.74, 6) is -1.01. The average Bonchev–Trinajstić information content (AvgIpc) is 2.93. The van der Waals surface area contributed by atoms with Gasteiger partial charge in [-0.05, 0) is 44.9 Å². The molecule has 1 aromatic rings. The van der Waals surface area contributed by atoms with E-state index in [9.17, 15) is 19.2 Å². The van der Waals surface area contributed by atoms with Crippen LogP contribution < -0.4 is 5.32 Å². The highest BCUT2D eigenvalue weighted by molar-refractivity contribution is 6.09. The van der Waals surface area contributed by atoms with Crippen LogP contribution in [0.15, 0.2) is 24.3 Å². The average molecular weight is 399 g/mol. The standard InChI is InChI=1S/C22H29N3O4/c1-3-24(4-2)20(28)16-9-8-10-17(13-16)23-18(26)15-25-19(27)14-22(21(25)29)11-6-5-7-12-22/h8-10,13H,3-7,11-12,14-15H2,1-2H3,(H,23,26). The number of nitrogens with zero attached hydrogens (tertiary/aromatic N) is 2. The lowest BCUT2D eigenvalue weighted by molar-refractivity contribution is -0.144. The van der Waals surface area contributed by atoms with Gasteiger partial charge in [-0.15, -0.1) is 0 Å². The number of rotatable bonds is 6. The Kier molecular flexibility index (Phi) is 6.35. The summed E-state index contributed by atoms with van der Waals surface area (Å²) in [6, 6.07) is 6.72. The highest BCUT2D eigenvalue weighted by Crippen LogP contribution is 2.45. The Morgan fingerprint density at radius 1 is 1.10 bits per heavy atom. The normalized spacial score (nSPS) is 18.2. The minimum atomic E-state index is -0.592. The van der Waals surface area contributed by atoms with Gasteiger partial charge in [0.05, 0.1) is 5.41 Å². The lowest BCUT2D eigenvalue weighted by atomic mass is 9.73. The molecule has 7 heteroatoms. The second-order valence-corrected chi connectivity index (χ2v) is 7.91. The van der Waals surface area contributed by atoms with Crippen LogP contribution in [0.1, 0.15) is 62.7 Å². The fourth-order valence-electron chi connectivity index (χ4n) is 4.41.